The predicted octanol–water partition coefficient (Wildman–Crippen LogP) is 1.52. The van der Waals surface area contributed by atoms with Crippen molar-refractivity contribution < 1.29 is 60.7 Å². The van der Waals surface area contributed by atoms with E-state index in [1.807, 2.05) is 0 Å². The maximum absolute atomic E-state index is 10.1. The van der Waals surface area contributed by atoms with Crippen LogP contribution in [0.1, 0.15) is 38.5 Å². The van der Waals surface area contributed by atoms with Crippen molar-refractivity contribution in [2.24, 2.45) is 11.3 Å². The smallest absolute Gasteiger partial charge is 0.677 e. The summed E-state index contributed by atoms with van der Waals surface area (Å²) in [5.74, 6) is -5.65. The van der Waals surface area contributed by atoms with E-state index >= 15 is 0 Å². The summed E-state index contributed by atoms with van der Waals surface area (Å²) in [5.41, 5.74) is 6.00. The van der Waals surface area contributed by atoms with Gasteiger partial charge in [-0.2, -0.15) is 12.0 Å². The molecule has 0 radical (unpaired) electrons. The second-order valence-corrected chi connectivity index (χ2v) is 5.45. The molecule has 2 aliphatic rings. The second kappa shape index (κ2) is 11.1. The SMILES string of the molecule is O=C(O)C(=O)O.O=C(O)C1(C(=O)O)CC1.[CH2-]C1CCCCC1[NH-].[Pt+2]. The van der Waals surface area contributed by atoms with Crippen molar-refractivity contribution in [2.45, 2.75) is 44.6 Å². The van der Waals surface area contributed by atoms with Crippen LogP contribution in [0.3, 0.4) is 0 Å². The molecule has 2 unspecified atom stereocenters. The fourth-order valence-electron chi connectivity index (χ4n) is 1.85. The fraction of sp³-hybridized carbons (Fsp3) is 0.643. The van der Waals surface area contributed by atoms with Crippen LogP contribution < -0.4 is 0 Å². The third-order valence-electron chi connectivity index (χ3n) is 3.66. The van der Waals surface area contributed by atoms with Gasteiger partial charge in [-0.3, -0.25) is 9.59 Å². The summed E-state index contributed by atoms with van der Waals surface area (Å²) in [6.07, 6.45) is 5.35. The number of hydrogen-bond acceptors (Lipinski definition) is 4. The number of carboxylic acids is 4. The van der Waals surface area contributed by atoms with Crippen molar-refractivity contribution in [3.63, 3.8) is 0 Å². The van der Waals surface area contributed by atoms with Gasteiger partial charge in [-0.05, 0) is 12.8 Å². The van der Waals surface area contributed by atoms with Gasteiger partial charge >= 0.3 is 44.9 Å². The molecule has 0 aromatic heterocycles. The first kappa shape index (κ1) is 24.8. The molecule has 2 saturated carbocycles. The van der Waals surface area contributed by atoms with Crippen molar-refractivity contribution in [2.75, 3.05) is 0 Å². The molecule has 0 bridgehead atoms. The number of rotatable bonds is 2. The molecule has 0 spiro atoms. The Balaban J connectivity index is 0. The van der Waals surface area contributed by atoms with Crippen LogP contribution in [0.5, 0.6) is 0 Å². The van der Waals surface area contributed by atoms with Crippen LogP contribution in [-0.4, -0.2) is 50.3 Å². The Morgan fingerprint density at radius 1 is 0.875 bits per heavy atom. The molecule has 0 aromatic carbocycles. The molecule has 140 valence electrons. The van der Waals surface area contributed by atoms with Gasteiger partial charge in [0.1, 0.15) is 0 Å². The minimum Gasteiger partial charge on any atom is -0.677 e. The third kappa shape index (κ3) is 8.40. The fourth-order valence-corrected chi connectivity index (χ4v) is 1.85. The van der Waals surface area contributed by atoms with E-state index in [0.29, 0.717) is 5.92 Å². The quantitative estimate of drug-likeness (QED) is 0.238. The number of carboxylic acid groups (broad SMARTS) is 4. The van der Waals surface area contributed by atoms with E-state index < -0.39 is 29.3 Å². The molecular weight excluding hydrogens is 505 g/mol. The Hall–Kier alpha value is -1.47. The Morgan fingerprint density at radius 3 is 1.38 bits per heavy atom. The van der Waals surface area contributed by atoms with Crippen molar-refractivity contribution in [3.8, 4) is 0 Å². The molecule has 0 amide bonds. The zero-order valence-electron chi connectivity index (χ0n) is 12.8. The maximum Gasteiger partial charge on any atom is 2.00 e. The van der Waals surface area contributed by atoms with E-state index in [2.05, 4.69) is 6.92 Å². The summed E-state index contributed by atoms with van der Waals surface area (Å²) < 4.78 is 0. The first-order chi connectivity index (χ1) is 10.5. The van der Waals surface area contributed by atoms with E-state index in [0.717, 1.165) is 6.42 Å². The number of carbonyl (C=O) groups is 4. The summed E-state index contributed by atoms with van der Waals surface area (Å²) in [6.45, 7) is 3.89. The molecule has 0 saturated heterocycles. The predicted molar refractivity (Wildman–Crippen MR) is 77.6 cm³/mol. The molecule has 2 rings (SSSR count). The normalized spacial score (nSPS) is 22.9. The van der Waals surface area contributed by atoms with Gasteiger partial charge in [-0.1, -0.05) is 25.7 Å². The number of hydrogen-bond donors (Lipinski definition) is 4. The Morgan fingerprint density at radius 2 is 1.25 bits per heavy atom. The Bertz CT molecular complexity index is 426. The van der Waals surface area contributed by atoms with Gasteiger partial charge in [0.15, 0.2) is 5.41 Å². The monoisotopic (exact) mass is 526 g/mol. The summed E-state index contributed by atoms with van der Waals surface area (Å²) >= 11 is 0. The van der Waals surface area contributed by atoms with Crippen molar-refractivity contribution in [1.82, 2.24) is 0 Å². The number of nitrogens with one attached hydrogen (secondary N) is 1. The van der Waals surface area contributed by atoms with Crippen molar-refractivity contribution >= 4 is 23.9 Å². The zero-order valence-corrected chi connectivity index (χ0v) is 15.1. The molecule has 10 heteroatoms. The summed E-state index contributed by atoms with van der Waals surface area (Å²) in [7, 11) is 0. The van der Waals surface area contributed by atoms with Crippen LogP contribution in [0.25, 0.3) is 5.73 Å². The summed E-state index contributed by atoms with van der Waals surface area (Å²) in [4.78, 5) is 38.5. The van der Waals surface area contributed by atoms with Gasteiger partial charge in [0, 0.05) is 0 Å². The maximum atomic E-state index is 10.1. The van der Waals surface area contributed by atoms with Crippen molar-refractivity contribution in [3.05, 3.63) is 12.7 Å². The van der Waals surface area contributed by atoms with Crippen molar-refractivity contribution in [1.29, 1.82) is 0 Å². The van der Waals surface area contributed by atoms with Crippen LogP contribution in [0.4, 0.5) is 0 Å². The molecule has 0 heterocycles. The van der Waals surface area contributed by atoms with E-state index in [-0.39, 0.29) is 39.9 Å². The van der Waals surface area contributed by atoms with Crippen LogP contribution >= 0.6 is 0 Å². The molecule has 2 atom stereocenters. The van der Waals surface area contributed by atoms with E-state index in [1.54, 1.807) is 0 Å². The minimum atomic E-state index is -1.82. The van der Waals surface area contributed by atoms with Crippen LogP contribution in [0, 0.1) is 18.3 Å². The molecule has 0 aliphatic heterocycles. The summed E-state index contributed by atoms with van der Waals surface area (Å²) in [5, 5.41) is 31.4. The van der Waals surface area contributed by atoms with Gasteiger partial charge in [-0.15, -0.1) is 0 Å². The zero-order chi connectivity index (χ0) is 18.2. The first-order valence-electron chi connectivity index (χ1n) is 7.01. The standard InChI is InChI=1S/C7H13N.C5H6O4.C2H2O4.Pt/c1-6-4-2-3-5-7(6)8;6-3(7)5(1-2-5)4(8)9;3-1(4)2(5)6;/h6-8H,1-5H2;1-2H2,(H,6,7)(H,8,9);(H,3,4)(H,5,6);/q-2;;;+2. The number of aliphatic carboxylic acids is 4. The largest absolute Gasteiger partial charge is 2.00 e. The minimum absolute atomic E-state index is 0. The third-order valence-corrected chi connectivity index (χ3v) is 3.66. The molecule has 2 aliphatic carbocycles. The molecular formula is C14H21NO8Pt. The second-order valence-electron chi connectivity index (χ2n) is 5.45. The molecule has 24 heavy (non-hydrogen) atoms. The summed E-state index contributed by atoms with van der Waals surface area (Å²) in [6, 6.07) is 0.142. The van der Waals surface area contributed by atoms with Gasteiger partial charge in [-0.25, -0.2) is 9.59 Å². The average molecular weight is 526 g/mol. The van der Waals surface area contributed by atoms with Crippen LogP contribution in [0.2, 0.25) is 0 Å². The van der Waals surface area contributed by atoms with Gasteiger partial charge in [0.05, 0.1) is 0 Å². The van der Waals surface area contributed by atoms with Crippen LogP contribution in [-0.2, 0) is 40.2 Å². The van der Waals surface area contributed by atoms with E-state index in [9.17, 15) is 9.59 Å². The molecule has 5 N–H and O–H groups in total. The molecule has 0 aromatic rings. The van der Waals surface area contributed by atoms with E-state index in [1.165, 1.54) is 19.3 Å². The first-order valence-corrected chi connectivity index (χ1v) is 7.01. The topological polar surface area (TPSA) is 173 Å². The van der Waals surface area contributed by atoms with E-state index in [4.69, 9.17) is 35.7 Å². The molecule has 2 fully saturated rings. The Labute approximate surface area is 153 Å². The molecule has 9 nitrogen and oxygen atoms in total. The van der Waals surface area contributed by atoms with Gasteiger partial charge in [0.25, 0.3) is 0 Å². The van der Waals surface area contributed by atoms with Gasteiger partial charge < -0.3 is 33.1 Å². The van der Waals surface area contributed by atoms with Crippen LogP contribution in [0.15, 0.2) is 0 Å². The Kier molecular flexibility index (Phi) is 11.5. The van der Waals surface area contributed by atoms with Gasteiger partial charge in [0.2, 0.25) is 0 Å². The average Bonchev–Trinajstić information content (AvgIpc) is 3.25.